The standard InChI is InChI=1S/C23H23ClN4O2/c1-23(2)20(26-21(29)25-17-11-7-10-16(24)14-17)28(22(30)27(23)3)19-13-6-9-15-8-4-5-12-18(15)19/h4-14,20H,1-3H3,(H2,25,26,29)/t20-/m1/s1. The third kappa shape index (κ3) is 3.44. The minimum Gasteiger partial charge on any atom is -0.318 e. The molecule has 0 aromatic heterocycles. The van der Waals surface area contributed by atoms with Crippen LogP contribution in [0.1, 0.15) is 13.8 Å². The SMILES string of the molecule is CN1C(=O)N(c2cccc3ccccc23)[C@@H](NC(=O)Nc2cccc(Cl)c2)C1(C)C. The van der Waals surface area contributed by atoms with E-state index < -0.39 is 17.7 Å². The maximum Gasteiger partial charge on any atom is 0.326 e. The summed E-state index contributed by atoms with van der Waals surface area (Å²) in [5.74, 6) is 0. The second kappa shape index (κ2) is 7.54. The fourth-order valence-corrected chi connectivity index (χ4v) is 3.97. The van der Waals surface area contributed by atoms with E-state index in [0.717, 1.165) is 16.5 Å². The van der Waals surface area contributed by atoms with Gasteiger partial charge in [-0.2, -0.15) is 0 Å². The van der Waals surface area contributed by atoms with Gasteiger partial charge in [-0.3, -0.25) is 4.90 Å². The fourth-order valence-electron chi connectivity index (χ4n) is 3.78. The average molecular weight is 423 g/mol. The summed E-state index contributed by atoms with van der Waals surface area (Å²) < 4.78 is 0. The molecule has 4 amide bonds. The lowest BCUT2D eigenvalue weighted by atomic mass is 10.00. The van der Waals surface area contributed by atoms with Crippen LogP contribution in [0.25, 0.3) is 10.8 Å². The van der Waals surface area contributed by atoms with E-state index in [4.69, 9.17) is 11.6 Å². The van der Waals surface area contributed by atoms with Crippen LogP contribution in [0.15, 0.2) is 66.7 Å². The molecule has 0 aliphatic carbocycles. The maximum absolute atomic E-state index is 13.2. The molecule has 6 nitrogen and oxygen atoms in total. The van der Waals surface area contributed by atoms with E-state index >= 15 is 0 Å². The highest BCUT2D eigenvalue weighted by molar-refractivity contribution is 6.30. The van der Waals surface area contributed by atoms with Crippen LogP contribution in [0, 0.1) is 0 Å². The lowest BCUT2D eigenvalue weighted by Crippen LogP contribution is -2.56. The van der Waals surface area contributed by atoms with Crippen molar-refractivity contribution in [2.24, 2.45) is 0 Å². The Morgan fingerprint density at radius 3 is 2.50 bits per heavy atom. The molecule has 1 aliphatic heterocycles. The molecule has 30 heavy (non-hydrogen) atoms. The summed E-state index contributed by atoms with van der Waals surface area (Å²) in [6.07, 6.45) is -0.583. The summed E-state index contributed by atoms with van der Waals surface area (Å²) in [5.41, 5.74) is 0.690. The summed E-state index contributed by atoms with van der Waals surface area (Å²) in [4.78, 5) is 29.3. The van der Waals surface area contributed by atoms with Crippen molar-refractivity contribution in [1.29, 1.82) is 0 Å². The van der Waals surface area contributed by atoms with Crippen LogP contribution in [0.2, 0.25) is 5.02 Å². The summed E-state index contributed by atoms with van der Waals surface area (Å²) in [7, 11) is 1.75. The first-order chi connectivity index (χ1) is 14.3. The van der Waals surface area contributed by atoms with Gasteiger partial charge < -0.3 is 15.5 Å². The zero-order valence-electron chi connectivity index (χ0n) is 17.0. The molecule has 0 radical (unpaired) electrons. The van der Waals surface area contributed by atoms with Gasteiger partial charge in [0, 0.05) is 23.1 Å². The Balaban J connectivity index is 1.70. The molecule has 2 N–H and O–H groups in total. The van der Waals surface area contributed by atoms with Crippen LogP contribution < -0.4 is 15.5 Å². The zero-order valence-corrected chi connectivity index (χ0v) is 17.8. The number of benzene rings is 3. The van der Waals surface area contributed by atoms with Gasteiger partial charge in [-0.25, -0.2) is 9.59 Å². The van der Waals surface area contributed by atoms with Gasteiger partial charge in [0.05, 0.1) is 11.2 Å². The van der Waals surface area contributed by atoms with E-state index in [0.29, 0.717) is 10.7 Å². The van der Waals surface area contributed by atoms with Crippen molar-refractivity contribution in [1.82, 2.24) is 10.2 Å². The van der Waals surface area contributed by atoms with Crippen molar-refractivity contribution in [3.63, 3.8) is 0 Å². The Morgan fingerprint density at radius 1 is 1.03 bits per heavy atom. The van der Waals surface area contributed by atoms with Gasteiger partial charge in [-0.1, -0.05) is 54.1 Å². The van der Waals surface area contributed by atoms with Crippen LogP contribution in [0.3, 0.4) is 0 Å². The topological polar surface area (TPSA) is 64.7 Å². The third-order valence-electron chi connectivity index (χ3n) is 5.66. The number of amides is 4. The van der Waals surface area contributed by atoms with Crippen LogP contribution in [0.4, 0.5) is 21.0 Å². The van der Waals surface area contributed by atoms with E-state index in [1.165, 1.54) is 0 Å². The first-order valence-corrected chi connectivity index (χ1v) is 10.0. The third-order valence-corrected chi connectivity index (χ3v) is 5.90. The van der Waals surface area contributed by atoms with Crippen LogP contribution in [0.5, 0.6) is 0 Å². The molecule has 1 atom stereocenters. The zero-order chi connectivity index (χ0) is 21.5. The van der Waals surface area contributed by atoms with Gasteiger partial charge in [0.25, 0.3) is 0 Å². The smallest absolute Gasteiger partial charge is 0.318 e. The summed E-state index contributed by atoms with van der Waals surface area (Å²) in [5, 5.41) is 8.28. The van der Waals surface area contributed by atoms with Gasteiger partial charge in [-0.05, 0) is 43.5 Å². The number of anilines is 2. The fraction of sp³-hybridized carbons (Fsp3) is 0.217. The van der Waals surface area contributed by atoms with E-state index in [9.17, 15) is 9.59 Å². The maximum atomic E-state index is 13.2. The van der Waals surface area contributed by atoms with Gasteiger partial charge in [-0.15, -0.1) is 0 Å². The van der Waals surface area contributed by atoms with Crippen LogP contribution in [-0.4, -0.2) is 35.7 Å². The number of halogens is 1. The Hall–Kier alpha value is -3.25. The molecule has 1 fully saturated rings. The van der Waals surface area contributed by atoms with Crippen molar-refractivity contribution in [3.05, 3.63) is 71.8 Å². The number of nitrogens with one attached hydrogen (secondary N) is 2. The second-order valence-electron chi connectivity index (χ2n) is 7.87. The first kappa shape index (κ1) is 20.0. The monoisotopic (exact) mass is 422 g/mol. The number of likely N-dealkylation sites (N-methyl/N-ethyl adjacent to an activating group) is 1. The Morgan fingerprint density at radius 2 is 1.73 bits per heavy atom. The number of carbonyl (C=O) groups excluding carboxylic acids is 2. The molecular weight excluding hydrogens is 400 g/mol. The molecule has 7 heteroatoms. The lowest BCUT2D eigenvalue weighted by molar-refractivity contribution is 0.180. The summed E-state index contributed by atoms with van der Waals surface area (Å²) in [6.45, 7) is 3.86. The highest BCUT2D eigenvalue weighted by Crippen LogP contribution is 2.37. The van der Waals surface area contributed by atoms with Gasteiger partial charge >= 0.3 is 12.1 Å². The number of fused-ring (bicyclic) bond motifs is 1. The molecule has 1 saturated heterocycles. The van der Waals surface area contributed by atoms with Gasteiger partial charge in [0.15, 0.2) is 0 Å². The average Bonchev–Trinajstić information content (AvgIpc) is 2.87. The molecule has 1 aliphatic rings. The molecule has 154 valence electrons. The van der Waals surface area contributed by atoms with E-state index in [1.807, 2.05) is 56.3 Å². The van der Waals surface area contributed by atoms with Crippen molar-refractivity contribution in [2.75, 3.05) is 17.3 Å². The molecule has 1 heterocycles. The second-order valence-corrected chi connectivity index (χ2v) is 8.31. The van der Waals surface area contributed by atoms with Crippen LogP contribution in [-0.2, 0) is 0 Å². The van der Waals surface area contributed by atoms with Crippen molar-refractivity contribution >= 4 is 45.8 Å². The predicted octanol–water partition coefficient (Wildman–Crippen LogP) is 5.29. The number of hydrogen-bond donors (Lipinski definition) is 2. The van der Waals surface area contributed by atoms with Gasteiger partial charge in [0.2, 0.25) is 0 Å². The quantitative estimate of drug-likeness (QED) is 0.602. The number of urea groups is 2. The molecule has 0 spiro atoms. The summed E-state index contributed by atoms with van der Waals surface area (Å²) >= 11 is 6.01. The summed E-state index contributed by atoms with van der Waals surface area (Å²) in [6, 6.07) is 20.0. The van der Waals surface area contributed by atoms with E-state index in [2.05, 4.69) is 10.6 Å². The molecule has 0 unspecified atom stereocenters. The number of rotatable bonds is 3. The lowest BCUT2D eigenvalue weighted by Gasteiger charge is -2.34. The number of carbonyl (C=O) groups is 2. The molecule has 0 bridgehead atoms. The van der Waals surface area contributed by atoms with E-state index in [-0.39, 0.29) is 6.03 Å². The van der Waals surface area contributed by atoms with Crippen molar-refractivity contribution in [3.8, 4) is 0 Å². The van der Waals surface area contributed by atoms with Crippen molar-refractivity contribution in [2.45, 2.75) is 25.6 Å². The molecule has 3 aromatic rings. The normalized spacial score (nSPS) is 18.0. The van der Waals surface area contributed by atoms with Gasteiger partial charge in [0.1, 0.15) is 6.17 Å². The molecule has 0 saturated carbocycles. The predicted molar refractivity (Wildman–Crippen MR) is 121 cm³/mol. The molecular formula is C23H23ClN4O2. The highest BCUT2D eigenvalue weighted by atomic mass is 35.5. The number of hydrogen-bond acceptors (Lipinski definition) is 2. The highest BCUT2D eigenvalue weighted by Gasteiger charge is 2.51. The first-order valence-electron chi connectivity index (χ1n) is 9.67. The van der Waals surface area contributed by atoms with Crippen LogP contribution >= 0.6 is 11.6 Å². The Labute approximate surface area is 180 Å². The Kier molecular flexibility index (Phi) is 5.03. The Bertz CT molecular complexity index is 1130. The van der Waals surface area contributed by atoms with Crippen molar-refractivity contribution < 1.29 is 9.59 Å². The number of nitrogens with zero attached hydrogens (tertiary/aromatic N) is 2. The molecule has 4 rings (SSSR count). The minimum atomic E-state index is -0.639. The minimum absolute atomic E-state index is 0.176. The molecule has 3 aromatic carbocycles. The largest absolute Gasteiger partial charge is 0.326 e. The van der Waals surface area contributed by atoms with E-state index in [1.54, 1.807) is 41.1 Å².